The highest BCUT2D eigenvalue weighted by molar-refractivity contribution is 6.01. The molecule has 0 atom stereocenters. The lowest BCUT2D eigenvalue weighted by Gasteiger charge is -2.13. The van der Waals surface area contributed by atoms with E-state index in [4.69, 9.17) is 10.5 Å². The molecule has 0 radical (unpaired) electrons. The summed E-state index contributed by atoms with van der Waals surface area (Å²) in [4.78, 5) is 12.0. The SMILES string of the molecule is COc1ccccc1NC(=O)Nc1cccc(F)c1CN. The third-order valence-electron chi connectivity index (χ3n) is 2.93. The van der Waals surface area contributed by atoms with Gasteiger partial charge in [0, 0.05) is 17.8 Å². The third kappa shape index (κ3) is 3.49. The maximum atomic E-state index is 13.6. The van der Waals surface area contributed by atoms with Gasteiger partial charge < -0.3 is 21.1 Å². The summed E-state index contributed by atoms with van der Waals surface area (Å²) in [6.45, 7) is -0.00303. The molecule has 2 aromatic rings. The summed E-state index contributed by atoms with van der Waals surface area (Å²) >= 11 is 0. The number of benzene rings is 2. The van der Waals surface area contributed by atoms with E-state index in [0.29, 0.717) is 17.1 Å². The minimum Gasteiger partial charge on any atom is -0.495 e. The van der Waals surface area contributed by atoms with E-state index < -0.39 is 11.8 Å². The van der Waals surface area contributed by atoms with Crippen molar-refractivity contribution in [2.75, 3.05) is 17.7 Å². The summed E-state index contributed by atoms with van der Waals surface area (Å²) < 4.78 is 18.7. The Morgan fingerprint density at radius 2 is 1.81 bits per heavy atom. The summed E-state index contributed by atoms with van der Waals surface area (Å²) in [6, 6.07) is 10.9. The van der Waals surface area contributed by atoms with Crippen LogP contribution in [-0.2, 0) is 6.54 Å². The van der Waals surface area contributed by atoms with Crippen LogP contribution in [-0.4, -0.2) is 13.1 Å². The lowest BCUT2D eigenvalue weighted by atomic mass is 10.1. The van der Waals surface area contributed by atoms with Gasteiger partial charge in [-0.2, -0.15) is 0 Å². The van der Waals surface area contributed by atoms with Gasteiger partial charge in [0.15, 0.2) is 0 Å². The summed E-state index contributed by atoms with van der Waals surface area (Å²) in [5.41, 5.74) is 6.61. The van der Waals surface area contributed by atoms with Crippen molar-refractivity contribution in [3.05, 3.63) is 53.8 Å². The van der Waals surface area contributed by atoms with Gasteiger partial charge in [-0.3, -0.25) is 0 Å². The molecule has 0 aliphatic rings. The number of urea groups is 1. The number of carbonyl (C=O) groups excluding carboxylic acids is 1. The Labute approximate surface area is 121 Å². The highest BCUT2D eigenvalue weighted by Crippen LogP contribution is 2.24. The molecule has 21 heavy (non-hydrogen) atoms. The zero-order valence-electron chi connectivity index (χ0n) is 11.5. The van der Waals surface area contributed by atoms with Crippen LogP contribution >= 0.6 is 0 Å². The monoisotopic (exact) mass is 289 g/mol. The molecule has 0 aliphatic heterocycles. The molecule has 6 heteroatoms. The first-order valence-electron chi connectivity index (χ1n) is 6.34. The predicted molar refractivity (Wildman–Crippen MR) is 79.9 cm³/mol. The zero-order valence-corrected chi connectivity index (χ0v) is 11.5. The molecule has 0 aromatic heterocycles. The van der Waals surface area contributed by atoms with E-state index in [1.807, 2.05) is 0 Å². The second-order valence-electron chi connectivity index (χ2n) is 4.25. The molecule has 0 spiro atoms. The van der Waals surface area contributed by atoms with Gasteiger partial charge in [-0.1, -0.05) is 18.2 Å². The number of hydrogen-bond donors (Lipinski definition) is 3. The van der Waals surface area contributed by atoms with Crippen molar-refractivity contribution in [3.8, 4) is 5.75 Å². The van der Waals surface area contributed by atoms with Crippen molar-refractivity contribution >= 4 is 17.4 Å². The first-order valence-corrected chi connectivity index (χ1v) is 6.34. The quantitative estimate of drug-likeness (QED) is 0.810. The highest BCUT2D eigenvalue weighted by atomic mass is 19.1. The first-order chi connectivity index (χ1) is 10.2. The summed E-state index contributed by atoms with van der Waals surface area (Å²) in [5, 5.41) is 5.22. The fourth-order valence-electron chi connectivity index (χ4n) is 1.91. The lowest BCUT2D eigenvalue weighted by molar-refractivity contribution is 0.262. The van der Waals surface area contributed by atoms with Crippen LogP contribution in [0.25, 0.3) is 0 Å². The molecular formula is C15H16FN3O2. The van der Waals surface area contributed by atoms with E-state index in [2.05, 4.69) is 10.6 Å². The molecule has 0 heterocycles. The fourth-order valence-corrected chi connectivity index (χ4v) is 1.91. The van der Waals surface area contributed by atoms with Crippen LogP contribution in [0.5, 0.6) is 5.75 Å². The van der Waals surface area contributed by atoms with Crippen molar-refractivity contribution in [1.82, 2.24) is 0 Å². The Kier molecular flexibility index (Phi) is 4.73. The number of anilines is 2. The van der Waals surface area contributed by atoms with Gasteiger partial charge in [0.25, 0.3) is 0 Å². The number of rotatable bonds is 4. The van der Waals surface area contributed by atoms with Gasteiger partial charge >= 0.3 is 6.03 Å². The molecule has 2 amide bonds. The van der Waals surface area contributed by atoms with Crippen LogP contribution in [0.1, 0.15) is 5.56 Å². The van der Waals surface area contributed by atoms with Crippen LogP contribution in [0, 0.1) is 5.82 Å². The number of amides is 2. The molecule has 0 unspecified atom stereocenters. The Bertz CT molecular complexity index is 647. The van der Waals surface area contributed by atoms with Gasteiger partial charge in [0.1, 0.15) is 11.6 Å². The second kappa shape index (κ2) is 6.71. The zero-order chi connectivity index (χ0) is 15.2. The first kappa shape index (κ1) is 14.8. The Balaban J connectivity index is 2.14. The predicted octanol–water partition coefficient (Wildman–Crippen LogP) is 2.94. The topological polar surface area (TPSA) is 76.4 Å². The third-order valence-corrected chi connectivity index (χ3v) is 2.93. The number of hydrogen-bond acceptors (Lipinski definition) is 3. The number of carbonyl (C=O) groups is 1. The Morgan fingerprint density at radius 3 is 2.52 bits per heavy atom. The molecular weight excluding hydrogens is 273 g/mol. The van der Waals surface area contributed by atoms with Crippen LogP contribution in [0.3, 0.4) is 0 Å². The van der Waals surface area contributed by atoms with Gasteiger partial charge in [0.2, 0.25) is 0 Å². The smallest absolute Gasteiger partial charge is 0.323 e. The molecule has 5 nitrogen and oxygen atoms in total. The minimum atomic E-state index is -0.500. The number of nitrogens with two attached hydrogens (primary N) is 1. The van der Waals surface area contributed by atoms with E-state index in [9.17, 15) is 9.18 Å². The van der Waals surface area contributed by atoms with E-state index >= 15 is 0 Å². The van der Waals surface area contributed by atoms with E-state index in [1.54, 1.807) is 30.3 Å². The van der Waals surface area contributed by atoms with Gasteiger partial charge in [-0.05, 0) is 24.3 Å². The van der Waals surface area contributed by atoms with Gasteiger partial charge in [-0.25, -0.2) is 9.18 Å². The molecule has 0 bridgehead atoms. The van der Waals surface area contributed by atoms with Gasteiger partial charge in [-0.15, -0.1) is 0 Å². The second-order valence-corrected chi connectivity index (χ2v) is 4.25. The summed E-state index contributed by atoms with van der Waals surface area (Å²) in [5.74, 6) is 0.0820. The number of ether oxygens (including phenoxy) is 1. The van der Waals surface area contributed by atoms with E-state index in [-0.39, 0.29) is 12.1 Å². The number of para-hydroxylation sites is 2. The van der Waals surface area contributed by atoms with Crippen molar-refractivity contribution in [1.29, 1.82) is 0 Å². The van der Waals surface area contributed by atoms with Crippen molar-refractivity contribution in [2.24, 2.45) is 5.73 Å². The molecule has 2 aromatic carbocycles. The van der Waals surface area contributed by atoms with E-state index in [1.165, 1.54) is 19.2 Å². The Hall–Kier alpha value is -2.60. The van der Waals surface area contributed by atoms with E-state index in [0.717, 1.165) is 0 Å². The number of methoxy groups -OCH3 is 1. The highest BCUT2D eigenvalue weighted by Gasteiger charge is 2.11. The molecule has 0 saturated carbocycles. The van der Waals surface area contributed by atoms with Gasteiger partial charge in [0.05, 0.1) is 12.8 Å². The molecule has 110 valence electrons. The number of nitrogens with one attached hydrogen (secondary N) is 2. The van der Waals surface area contributed by atoms with Crippen molar-refractivity contribution in [2.45, 2.75) is 6.54 Å². The molecule has 2 rings (SSSR count). The largest absolute Gasteiger partial charge is 0.495 e. The average molecular weight is 289 g/mol. The van der Waals surface area contributed by atoms with Crippen LogP contribution in [0.2, 0.25) is 0 Å². The minimum absolute atomic E-state index is 0.00303. The lowest BCUT2D eigenvalue weighted by Crippen LogP contribution is -2.21. The summed E-state index contributed by atoms with van der Waals surface area (Å²) in [7, 11) is 1.51. The fraction of sp³-hybridized carbons (Fsp3) is 0.133. The number of halogens is 1. The molecule has 0 fully saturated rings. The van der Waals surface area contributed by atoms with Crippen molar-refractivity contribution < 1.29 is 13.9 Å². The maximum absolute atomic E-state index is 13.6. The standard InChI is InChI=1S/C15H16FN3O2/c1-21-14-8-3-2-6-13(14)19-15(20)18-12-7-4-5-11(16)10(12)9-17/h2-8H,9,17H2,1H3,(H2,18,19,20). The van der Waals surface area contributed by atoms with Crippen LogP contribution in [0.4, 0.5) is 20.6 Å². The van der Waals surface area contributed by atoms with Crippen molar-refractivity contribution in [3.63, 3.8) is 0 Å². The average Bonchev–Trinajstić information content (AvgIpc) is 2.48. The molecule has 4 N–H and O–H groups in total. The van der Waals surface area contributed by atoms with Crippen LogP contribution < -0.4 is 21.1 Å². The maximum Gasteiger partial charge on any atom is 0.323 e. The molecule has 0 aliphatic carbocycles. The summed E-state index contributed by atoms with van der Waals surface area (Å²) in [6.07, 6.45) is 0. The van der Waals surface area contributed by atoms with Crippen LogP contribution in [0.15, 0.2) is 42.5 Å². The molecule has 0 saturated heterocycles. The normalized spacial score (nSPS) is 10.0. The Morgan fingerprint density at radius 1 is 1.14 bits per heavy atom.